The van der Waals surface area contributed by atoms with Gasteiger partial charge in [0.25, 0.3) is 5.56 Å². The number of nitrogens with one attached hydrogen (secondary N) is 1. The predicted octanol–water partition coefficient (Wildman–Crippen LogP) is 3.99. The van der Waals surface area contributed by atoms with Crippen molar-refractivity contribution in [2.45, 2.75) is 46.2 Å². The van der Waals surface area contributed by atoms with Gasteiger partial charge in [-0.2, -0.15) is 10.2 Å². The van der Waals surface area contributed by atoms with Gasteiger partial charge < -0.3 is 5.32 Å². The Hall–Kier alpha value is -3.45. The van der Waals surface area contributed by atoms with E-state index >= 15 is 0 Å². The second kappa shape index (κ2) is 9.58. The number of nitrogens with zero attached hydrogens (tertiary/aromatic N) is 4. The molecule has 0 radical (unpaired) electrons. The van der Waals surface area contributed by atoms with Crippen molar-refractivity contribution in [2.75, 3.05) is 0 Å². The van der Waals surface area contributed by atoms with Crippen LogP contribution in [0.25, 0.3) is 16.6 Å². The molecule has 0 aliphatic heterocycles. The minimum absolute atomic E-state index is 0.0207. The molecule has 0 fully saturated rings. The van der Waals surface area contributed by atoms with Crippen LogP contribution in [-0.2, 0) is 17.8 Å². The minimum atomic E-state index is -0.333. The molecule has 0 bridgehead atoms. The van der Waals surface area contributed by atoms with Crippen molar-refractivity contribution in [3.63, 3.8) is 0 Å². The van der Waals surface area contributed by atoms with Gasteiger partial charge in [0, 0.05) is 11.1 Å². The van der Waals surface area contributed by atoms with E-state index in [4.69, 9.17) is 11.6 Å². The lowest BCUT2D eigenvalue weighted by Crippen LogP contribution is -2.38. The molecule has 2 aromatic carbocycles. The summed E-state index contributed by atoms with van der Waals surface area (Å²) in [5.74, 6) is -0.244. The Morgan fingerprint density at radius 1 is 1.06 bits per heavy atom. The van der Waals surface area contributed by atoms with Crippen LogP contribution >= 0.6 is 11.6 Å². The largest absolute Gasteiger partial charge is 0.352 e. The summed E-state index contributed by atoms with van der Waals surface area (Å²) in [4.78, 5) is 25.8. The number of carbonyl (C=O) groups excluding carboxylic acids is 1. The Kier molecular flexibility index (Phi) is 6.60. The van der Waals surface area contributed by atoms with Gasteiger partial charge in [-0.25, -0.2) is 9.36 Å². The number of amides is 1. The van der Waals surface area contributed by atoms with E-state index in [1.165, 1.54) is 10.2 Å². The molecule has 1 atom stereocenters. The predicted molar refractivity (Wildman–Crippen MR) is 130 cm³/mol. The molecule has 2 aromatic heterocycles. The number of hydrogen-bond donors (Lipinski definition) is 1. The fourth-order valence-electron chi connectivity index (χ4n) is 3.91. The number of fused-ring (bicyclic) bond motifs is 1. The van der Waals surface area contributed by atoms with Crippen molar-refractivity contribution >= 4 is 28.4 Å². The Labute approximate surface area is 197 Å². The molecule has 8 heteroatoms. The normalized spacial score (nSPS) is 12.1. The number of hydrogen-bond acceptors (Lipinski definition) is 4. The highest BCUT2D eigenvalue weighted by Crippen LogP contribution is 2.21. The third-order valence-electron chi connectivity index (χ3n) is 5.66. The van der Waals surface area contributed by atoms with E-state index in [0.717, 1.165) is 18.5 Å². The number of aryl methyl sites for hydroxylation is 3. The maximum Gasteiger partial charge on any atom is 0.278 e. The SMILES string of the molecule is Cc1nn(CC(=O)N[C@@H](C)CCc2ccccc2)c(=O)c2c(C)n(-c3ccc(Cl)cc3)nc12. The standard InChI is InChI=1S/C25H26ClN5O2/c1-16(9-10-19-7-5-4-6-8-19)27-22(32)15-30-25(33)23-18(3)31(29-24(23)17(2)28-30)21-13-11-20(26)12-14-21/h4-8,11-14,16H,9-10,15H2,1-3H3,(H,27,32)/t16-/m0/s1. The molecule has 0 aliphatic carbocycles. The molecule has 0 saturated heterocycles. The third-order valence-corrected chi connectivity index (χ3v) is 5.91. The van der Waals surface area contributed by atoms with E-state index in [1.807, 2.05) is 44.2 Å². The van der Waals surface area contributed by atoms with Crippen LogP contribution in [0.15, 0.2) is 59.4 Å². The maximum atomic E-state index is 13.2. The number of halogens is 1. The molecule has 1 amide bonds. The van der Waals surface area contributed by atoms with E-state index in [0.29, 0.717) is 27.3 Å². The lowest BCUT2D eigenvalue weighted by molar-refractivity contribution is -0.122. The molecule has 0 saturated carbocycles. The third kappa shape index (κ3) is 4.98. The highest BCUT2D eigenvalue weighted by Gasteiger charge is 2.19. The van der Waals surface area contributed by atoms with Gasteiger partial charge >= 0.3 is 0 Å². The zero-order valence-electron chi connectivity index (χ0n) is 18.9. The monoisotopic (exact) mass is 463 g/mol. The molecule has 7 nitrogen and oxygen atoms in total. The van der Waals surface area contributed by atoms with E-state index in [2.05, 4.69) is 27.6 Å². The van der Waals surface area contributed by atoms with Crippen LogP contribution in [0.4, 0.5) is 0 Å². The van der Waals surface area contributed by atoms with Crippen molar-refractivity contribution in [3.05, 3.63) is 86.9 Å². The zero-order valence-corrected chi connectivity index (χ0v) is 19.6. The summed E-state index contributed by atoms with van der Waals surface area (Å²) in [6.45, 7) is 5.45. The fourth-order valence-corrected chi connectivity index (χ4v) is 4.04. The van der Waals surface area contributed by atoms with Crippen molar-refractivity contribution in [2.24, 2.45) is 0 Å². The van der Waals surface area contributed by atoms with Crippen molar-refractivity contribution in [3.8, 4) is 5.69 Å². The number of aromatic nitrogens is 4. The van der Waals surface area contributed by atoms with Crippen LogP contribution in [0.2, 0.25) is 5.02 Å². The zero-order chi connectivity index (χ0) is 23.5. The maximum absolute atomic E-state index is 13.2. The molecular formula is C25H26ClN5O2. The van der Waals surface area contributed by atoms with Gasteiger partial charge in [0.2, 0.25) is 5.91 Å². The van der Waals surface area contributed by atoms with Crippen molar-refractivity contribution < 1.29 is 4.79 Å². The summed E-state index contributed by atoms with van der Waals surface area (Å²) >= 11 is 5.99. The summed E-state index contributed by atoms with van der Waals surface area (Å²) < 4.78 is 2.92. The first-order chi connectivity index (χ1) is 15.8. The summed E-state index contributed by atoms with van der Waals surface area (Å²) in [5.41, 5.74) is 3.49. The smallest absolute Gasteiger partial charge is 0.278 e. The molecule has 0 aliphatic rings. The van der Waals surface area contributed by atoms with Gasteiger partial charge in [-0.3, -0.25) is 9.59 Å². The van der Waals surface area contributed by atoms with E-state index in [-0.39, 0.29) is 24.1 Å². The van der Waals surface area contributed by atoms with Crippen LogP contribution < -0.4 is 10.9 Å². The summed E-state index contributed by atoms with van der Waals surface area (Å²) in [6, 6.07) is 17.3. The number of carbonyl (C=O) groups is 1. The van der Waals surface area contributed by atoms with Crippen LogP contribution in [0.1, 0.15) is 30.3 Å². The lowest BCUT2D eigenvalue weighted by atomic mass is 10.1. The minimum Gasteiger partial charge on any atom is -0.352 e. The van der Waals surface area contributed by atoms with Crippen LogP contribution in [0, 0.1) is 13.8 Å². The first-order valence-corrected chi connectivity index (χ1v) is 11.3. The molecule has 33 heavy (non-hydrogen) atoms. The second-order valence-corrected chi connectivity index (χ2v) is 8.67. The van der Waals surface area contributed by atoms with Gasteiger partial charge in [-0.15, -0.1) is 0 Å². The van der Waals surface area contributed by atoms with Gasteiger partial charge in [-0.05, 0) is 63.4 Å². The van der Waals surface area contributed by atoms with Crippen molar-refractivity contribution in [1.82, 2.24) is 24.9 Å². The second-order valence-electron chi connectivity index (χ2n) is 8.24. The molecule has 4 rings (SSSR count). The summed E-state index contributed by atoms with van der Waals surface area (Å²) in [6.07, 6.45) is 1.68. The Bertz CT molecular complexity index is 1340. The van der Waals surface area contributed by atoms with Crippen molar-refractivity contribution in [1.29, 1.82) is 0 Å². The Morgan fingerprint density at radius 2 is 1.76 bits per heavy atom. The van der Waals surface area contributed by atoms with Crippen LogP contribution in [0.5, 0.6) is 0 Å². The number of rotatable bonds is 7. The van der Waals surface area contributed by atoms with E-state index < -0.39 is 0 Å². The Balaban J connectivity index is 1.52. The average Bonchev–Trinajstić information content (AvgIpc) is 3.15. The lowest BCUT2D eigenvalue weighted by Gasteiger charge is -2.14. The fraction of sp³-hybridized carbons (Fsp3) is 0.280. The highest BCUT2D eigenvalue weighted by atomic mass is 35.5. The molecule has 2 heterocycles. The quantitative estimate of drug-likeness (QED) is 0.449. The molecular weight excluding hydrogens is 438 g/mol. The van der Waals surface area contributed by atoms with E-state index in [9.17, 15) is 9.59 Å². The number of benzene rings is 2. The molecule has 4 aromatic rings. The van der Waals surface area contributed by atoms with Gasteiger partial charge in [0.05, 0.1) is 22.5 Å². The summed E-state index contributed by atoms with van der Waals surface area (Å²) in [7, 11) is 0. The van der Waals surface area contributed by atoms with E-state index in [1.54, 1.807) is 23.7 Å². The molecule has 0 spiro atoms. The first kappa shape index (κ1) is 22.7. The highest BCUT2D eigenvalue weighted by molar-refractivity contribution is 6.30. The topological polar surface area (TPSA) is 81.8 Å². The van der Waals surface area contributed by atoms with Gasteiger partial charge in [0.1, 0.15) is 12.1 Å². The average molecular weight is 464 g/mol. The summed E-state index contributed by atoms with van der Waals surface area (Å²) in [5, 5.41) is 13.0. The van der Waals surface area contributed by atoms with Crippen LogP contribution in [-0.4, -0.2) is 31.5 Å². The van der Waals surface area contributed by atoms with Gasteiger partial charge in [-0.1, -0.05) is 41.9 Å². The van der Waals surface area contributed by atoms with Crippen LogP contribution in [0.3, 0.4) is 0 Å². The van der Waals surface area contributed by atoms with Gasteiger partial charge in [0.15, 0.2) is 0 Å². The molecule has 0 unspecified atom stereocenters. The Morgan fingerprint density at radius 3 is 2.45 bits per heavy atom. The molecule has 1 N–H and O–H groups in total. The molecule has 170 valence electrons. The first-order valence-electron chi connectivity index (χ1n) is 10.9.